The maximum Gasteiger partial charge on any atom is 0.292 e. The minimum Gasteiger partial charge on any atom is -0.485 e. The van der Waals surface area contributed by atoms with Crippen LogP contribution in [0.15, 0.2) is 71.3 Å². The zero-order valence-electron chi connectivity index (χ0n) is 16.6. The van der Waals surface area contributed by atoms with Gasteiger partial charge in [-0.15, -0.1) is 0 Å². The number of carbonyl (C=O) groups is 1. The minimum absolute atomic E-state index is 0.179. The maximum atomic E-state index is 12.5. The lowest BCUT2D eigenvalue weighted by atomic mass is 10.2. The second-order valence-corrected chi connectivity index (χ2v) is 7.82. The Kier molecular flexibility index (Phi) is 6.30. The van der Waals surface area contributed by atoms with E-state index >= 15 is 0 Å². The SMILES string of the molecule is Cc1cc(Cl)ccc1OCc1ccc(C(=O)Nc2ccn(Cc3ccc(Cl)cc3)n2)o1. The van der Waals surface area contributed by atoms with Crippen molar-refractivity contribution in [2.24, 2.45) is 0 Å². The van der Waals surface area contributed by atoms with Gasteiger partial charge in [0.15, 0.2) is 11.6 Å². The molecule has 0 bridgehead atoms. The fourth-order valence-corrected chi connectivity index (χ4v) is 3.33. The van der Waals surface area contributed by atoms with Crippen molar-refractivity contribution in [1.29, 1.82) is 0 Å². The molecule has 2 aromatic heterocycles. The van der Waals surface area contributed by atoms with Gasteiger partial charge < -0.3 is 14.5 Å². The van der Waals surface area contributed by atoms with Gasteiger partial charge in [-0.1, -0.05) is 35.3 Å². The number of halogens is 2. The number of aryl methyl sites for hydroxylation is 1. The van der Waals surface area contributed by atoms with Crippen LogP contribution in [-0.4, -0.2) is 15.7 Å². The molecular formula is C23H19Cl2N3O3. The zero-order valence-corrected chi connectivity index (χ0v) is 18.2. The second kappa shape index (κ2) is 9.29. The molecule has 0 radical (unpaired) electrons. The van der Waals surface area contributed by atoms with Gasteiger partial charge in [0.05, 0.1) is 6.54 Å². The lowest BCUT2D eigenvalue weighted by Crippen LogP contribution is -2.12. The molecule has 0 aliphatic carbocycles. The van der Waals surface area contributed by atoms with Gasteiger partial charge in [0, 0.05) is 22.3 Å². The van der Waals surface area contributed by atoms with Crippen molar-refractivity contribution in [3.05, 3.63) is 99.6 Å². The molecule has 4 rings (SSSR count). The largest absolute Gasteiger partial charge is 0.485 e. The number of aromatic nitrogens is 2. The molecule has 0 saturated carbocycles. The van der Waals surface area contributed by atoms with Crippen LogP contribution in [0, 0.1) is 6.92 Å². The van der Waals surface area contributed by atoms with Gasteiger partial charge in [-0.3, -0.25) is 9.48 Å². The van der Waals surface area contributed by atoms with Gasteiger partial charge in [-0.05, 0) is 60.5 Å². The Morgan fingerprint density at radius 2 is 1.84 bits per heavy atom. The quantitative estimate of drug-likeness (QED) is 0.372. The number of anilines is 1. The van der Waals surface area contributed by atoms with Crippen LogP contribution in [0.5, 0.6) is 5.75 Å². The maximum absolute atomic E-state index is 12.5. The highest BCUT2D eigenvalue weighted by Crippen LogP contribution is 2.23. The van der Waals surface area contributed by atoms with Crippen molar-refractivity contribution in [3.63, 3.8) is 0 Å². The molecule has 0 aliphatic heterocycles. The van der Waals surface area contributed by atoms with Gasteiger partial charge >= 0.3 is 0 Å². The summed E-state index contributed by atoms with van der Waals surface area (Å²) < 4.78 is 13.1. The Labute approximate surface area is 189 Å². The molecular weight excluding hydrogens is 437 g/mol. The van der Waals surface area contributed by atoms with Crippen molar-refractivity contribution >= 4 is 34.9 Å². The van der Waals surface area contributed by atoms with E-state index in [2.05, 4.69) is 10.4 Å². The van der Waals surface area contributed by atoms with Crippen molar-refractivity contribution in [2.75, 3.05) is 5.32 Å². The van der Waals surface area contributed by atoms with E-state index in [4.69, 9.17) is 32.4 Å². The molecule has 158 valence electrons. The average Bonchev–Trinajstić information content (AvgIpc) is 3.39. The van der Waals surface area contributed by atoms with Crippen LogP contribution < -0.4 is 10.1 Å². The summed E-state index contributed by atoms with van der Waals surface area (Å²) in [5.41, 5.74) is 1.98. The standard InChI is InChI=1S/C23H19Cl2N3O3/c1-15-12-18(25)6-8-20(15)30-14-19-7-9-21(31-19)23(29)26-22-10-11-28(27-22)13-16-2-4-17(24)5-3-16/h2-12H,13-14H2,1H3,(H,26,27,29). The number of nitrogens with zero attached hydrogens (tertiary/aromatic N) is 2. The molecule has 0 saturated heterocycles. The summed E-state index contributed by atoms with van der Waals surface area (Å²) >= 11 is 11.9. The van der Waals surface area contributed by atoms with Crippen LogP contribution in [0.4, 0.5) is 5.82 Å². The molecule has 0 atom stereocenters. The molecule has 1 N–H and O–H groups in total. The third-order valence-corrected chi connectivity index (χ3v) is 5.02. The first-order chi connectivity index (χ1) is 15.0. The first-order valence-electron chi connectivity index (χ1n) is 9.53. The number of benzene rings is 2. The van der Waals surface area contributed by atoms with Crippen molar-refractivity contribution in [2.45, 2.75) is 20.1 Å². The number of hydrogen-bond acceptors (Lipinski definition) is 4. The molecule has 2 aromatic carbocycles. The molecule has 0 aliphatic rings. The first kappa shape index (κ1) is 21.0. The molecule has 0 spiro atoms. The van der Waals surface area contributed by atoms with Crippen LogP contribution >= 0.6 is 23.2 Å². The van der Waals surface area contributed by atoms with E-state index in [0.717, 1.165) is 11.1 Å². The van der Waals surface area contributed by atoms with Crippen LogP contribution in [0.3, 0.4) is 0 Å². The van der Waals surface area contributed by atoms with Gasteiger partial charge in [-0.25, -0.2) is 0 Å². The summed E-state index contributed by atoms with van der Waals surface area (Å²) in [5.74, 6) is 1.47. The van der Waals surface area contributed by atoms with E-state index in [1.54, 1.807) is 41.2 Å². The Morgan fingerprint density at radius 3 is 2.61 bits per heavy atom. The third kappa shape index (κ3) is 5.48. The molecule has 8 heteroatoms. The molecule has 4 aromatic rings. The summed E-state index contributed by atoms with van der Waals surface area (Å²) in [4.78, 5) is 12.5. The highest BCUT2D eigenvalue weighted by molar-refractivity contribution is 6.30. The van der Waals surface area contributed by atoms with E-state index in [-0.39, 0.29) is 18.3 Å². The summed E-state index contributed by atoms with van der Waals surface area (Å²) in [5, 5.41) is 8.44. The third-order valence-electron chi connectivity index (χ3n) is 4.53. The molecule has 2 heterocycles. The molecule has 31 heavy (non-hydrogen) atoms. The van der Waals surface area contributed by atoms with Gasteiger partial charge in [0.25, 0.3) is 5.91 Å². The fraction of sp³-hybridized carbons (Fsp3) is 0.130. The highest BCUT2D eigenvalue weighted by atomic mass is 35.5. The molecule has 0 unspecified atom stereocenters. The van der Waals surface area contributed by atoms with Gasteiger partial charge in [-0.2, -0.15) is 5.10 Å². The first-order valence-corrected chi connectivity index (χ1v) is 10.3. The number of furan rings is 1. The predicted molar refractivity (Wildman–Crippen MR) is 120 cm³/mol. The van der Waals surface area contributed by atoms with Crippen molar-refractivity contribution < 1.29 is 13.9 Å². The normalized spacial score (nSPS) is 10.8. The summed E-state index contributed by atoms with van der Waals surface area (Å²) in [6.07, 6.45) is 1.79. The van der Waals surface area contributed by atoms with Crippen LogP contribution in [0.25, 0.3) is 0 Å². The molecule has 1 amide bonds. The fourth-order valence-electron chi connectivity index (χ4n) is 2.97. The van der Waals surface area contributed by atoms with Gasteiger partial charge in [0.2, 0.25) is 0 Å². The smallest absolute Gasteiger partial charge is 0.292 e. The monoisotopic (exact) mass is 455 g/mol. The summed E-state index contributed by atoms with van der Waals surface area (Å²) in [6.45, 7) is 2.68. The number of carbonyl (C=O) groups excluding carboxylic acids is 1. The highest BCUT2D eigenvalue weighted by Gasteiger charge is 2.14. The Bertz CT molecular complexity index is 1200. The Balaban J connectivity index is 1.33. The van der Waals surface area contributed by atoms with E-state index < -0.39 is 0 Å². The Morgan fingerprint density at radius 1 is 1.06 bits per heavy atom. The summed E-state index contributed by atoms with van der Waals surface area (Å²) in [7, 11) is 0. The average molecular weight is 456 g/mol. The Hall–Kier alpha value is -3.22. The van der Waals surface area contributed by atoms with Crippen molar-refractivity contribution in [3.8, 4) is 5.75 Å². The van der Waals surface area contributed by atoms with E-state index in [1.165, 1.54) is 0 Å². The van der Waals surface area contributed by atoms with Crippen molar-refractivity contribution in [1.82, 2.24) is 9.78 Å². The van der Waals surface area contributed by atoms with E-state index in [1.807, 2.05) is 37.3 Å². The molecule has 0 fully saturated rings. The van der Waals surface area contributed by atoms with Gasteiger partial charge in [0.1, 0.15) is 18.1 Å². The van der Waals surface area contributed by atoms with Crippen LogP contribution in [-0.2, 0) is 13.2 Å². The number of hydrogen-bond donors (Lipinski definition) is 1. The topological polar surface area (TPSA) is 69.3 Å². The second-order valence-electron chi connectivity index (χ2n) is 6.94. The zero-order chi connectivity index (χ0) is 21.8. The van der Waals surface area contributed by atoms with E-state index in [0.29, 0.717) is 33.9 Å². The number of ether oxygens (including phenoxy) is 1. The lowest BCUT2D eigenvalue weighted by Gasteiger charge is -2.07. The predicted octanol–water partition coefficient (Wildman–Crippen LogP) is 5.97. The molecule has 6 nitrogen and oxygen atoms in total. The number of nitrogens with one attached hydrogen (secondary N) is 1. The van der Waals surface area contributed by atoms with Crippen LogP contribution in [0.1, 0.15) is 27.4 Å². The number of amides is 1. The number of rotatable bonds is 7. The van der Waals surface area contributed by atoms with E-state index in [9.17, 15) is 4.79 Å². The lowest BCUT2D eigenvalue weighted by molar-refractivity contribution is 0.0992. The minimum atomic E-state index is -0.384. The summed E-state index contributed by atoms with van der Waals surface area (Å²) in [6, 6.07) is 17.9. The van der Waals surface area contributed by atoms with Crippen LogP contribution in [0.2, 0.25) is 10.0 Å².